The van der Waals surface area contributed by atoms with Gasteiger partial charge in [0.2, 0.25) is 5.91 Å². The summed E-state index contributed by atoms with van der Waals surface area (Å²) in [5.41, 5.74) is -8.81. The van der Waals surface area contributed by atoms with Crippen LogP contribution in [-0.2, 0) is 31.5 Å². The highest BCUT2D eigenvalue weighted by atomic mass is 32.2. The SMILES string of the molecule is O=C(NCC1(O)CC1)[C@@H]1CC[C@@]2(S(=O)(=O)c3ccc(F)cc3)c3ccc(C(F)(C(F)(F)F)C(F)(F)F)cc3CC[C@@H]12. The number of aryl methyl sites for hydroxylation is 1. The minimum Gasteiger partial charge on any atom is -0.388 e. The van der Waals surface area contributed by atoms with Gasteiger partial charge < -0.3 is 10.4 Å². The Labute approximate surface area is 229 Å². The van der Waals surface area contributed by atoms with E-state index in [1.807, 2.05) is 0 Å². The highest BCUT2D eigenvalue weighted by molar-refractivity contribution is 7.92. The van der Waals surface area contributed by atoms with E-state index < -0.39 is 67.3 Å². The molecule has 14 heteroatoms. The number of amides is 1. The number of aliphatic hydroxyl groups is 1. The Bertz CT molecular complexity index is 1450. The Balaban J connectivity index is 1.64. The second-order valence-corrected chi connectivity index (χ2v) is 13.3. The molecule has 5 rings (SSSR count). The molecular formula is C27H25F8NO4S. The van der Waals surface area contributed by atoms with Crippen LogP contribution in [0.5, 0.6) is 0 Å². The van der Waals surface area contributed by atoms with Crippen LogP contribution in [0.25, 0.3) is 0 Å². The number of carbonyl (C=O) groups excluding carboxylic acids is 1. The van der Waals surface area contributed by atoms with Crippen LogP contribution < -0.4 is 5.32 Å². The summed E-state index contributed by atoms with van der Waals surface area (Å²) in [6.07, 6.45) is -12.3. The van der Waals surface area contributed by atoms with Crippen molar-refractivity contribution in [2.24, 2.45) is 11.8 Å². The molecule has 2 fully saturated rings. The number of alkyl halides is 7. The molecule has 2 N–H and O–H groups in total. The molecule has 0 spiro atoms. The standard InChI is InChI=1S/C27H25F8NO4S/c28-17-3-5-18(6-4-17)41(39,40)24-10-9-19(22(37)36-14-23(38)11-12-23)21(24)7-1-15-13-16(2-8-20(15)24)25(29,26(30,31)32)27(33,34)35/h2-6,8,13,19,21,38H,1,7,9-12,14H2,(H,36,37)/t19-,21+,24-/m1/s1. The number of fused-ring (bicyclic) bond motifs is 3. The van der Waals surface area contributed by atoms with E-state index in [1.165, 1.54) is 0 Å². The van der Waals surface area contributed by atoms with Crippen LogP contribution in [0.2, 0.25) is 0 Å². The molecule has 2 aromatic rings. The van der Waals surface area contributed by atoms with Crippen molar-refractivity contribution in [2.75, 3.05) is 6.54 Å². The maximum Gasteiger partial charge on any atom is 0.435 e. The first-order valence-corrected chi connectivity index (χ1v) is 14.3. The second-order valence-electron chi connectivity index (χ2n) is 11.1. The summed E-state index contributed by atoms with van der Waals surface area (Å²) in [7, 11) is -4.53. The Morgan fingerprint density at radius 3 is 2.10 bits per heavy atom. The lowest BCUT2D eigenvalue weighted by molar-refractivity contribution is -0.348. The Hall–Kier alpha value is -2.74. The van der Waals surface area contributed by atoms with Crippen molar-refractivity contribution in [1.29, 1.82) is 0 Å². The van der Waals surface area contributed by atoms with Crippen molar-refractivity contribution in [3.8, 4) is 0 Å². The van der Waals surface area contributed by atoms with Crippen LogP contribution in [-0.4, -0.2) is 43.9 Å². The van der Waals surface area contributed by atoms with Gasteiger partial charge in [0, 0.05) is 18.0 Å². The van der Waals surface area contributed by atoms with Crippen LogP contribution in [0.15, 0.2) is 47.4 Å². The van der Waals surface area contributed by atoms with E-state index in [-0.39, 0.29) is 48.3 Å². The van der Waals surface area contributed by atoms with E-state index in [0.717, 1.165) is 30.3 Å². The minimum absolute atomic E-state index is 0.00863. The van der Waals surface area contributed by atoms with Gasteiger partial charge in [0.15, 0.2) is 9.84 Å². The van der Waals surface area contributed by atoms with Crippen LogP contribution in [0.1, 0.15) is 48.8 Å². The fourth-order valence-electron chi connectivity index (χ4n) is 6.40. The molecule has 0 aromatic heterocycles. The van der Waals surface area contributed by atoms with Gasteiger partial charge in [0.05, 0.1) is 10.5 Å². The third kappa shape index (κ3) is 4.52. The molecule has 1 amide bonds. The Morgan fingerprint density at radius 2 is 1.54 bits per heavy atom. The maximum atomic E-state index is 14.9. The monoisotopic (exact) mass is 611 g/mol. The maximum absolute atomic E-state index is 14.9. The first kappa shape index (κ1) is 29.7. The van der Waals surface area contributed by atoms with Crippen LogP contribution in [0.4, 0.5) is 35.1 Å². The zero-order valence-corrected chi connectivity index (χ0v) is 22.1. The van der Waals surface area contributed by atoms with E-state index in [4.69, 9.17) is 0 Å². The van der Waals surface area contributed by atoms with Crippen LogP contribution in [0, 0.1) is 17.7 Å². The lowest BCUT2D eigenvalue weighted by Gasteiger charge is -2.42. The molecule has 3 aliphatic rings. The molecule has 224 valence electrons. The van der Waals surface area contributed by atoms with Crippen molar-refractivity contribution in [3.05, 3.63) is 65.0 Å². The summed E-state index contributed by atoms with van der Waals surface area (Å²) in [5, 5.41) is 12.7. The van der Waals surface area contributed by atoms with E-state index in [0.29, 0.717) is 25.0 Å². The molecular weight excluding hydrogens is 586 g/mol. The van der Waals surface area contributed by atoms with E-state index in [2.05, 4.69) is 5.32 Å². The van der Waals surface area contributed by atoms with Crippen LogP contribution in [0.3, 0.4) is 0 Å². The first-order chi connectivity index (χ1) is 18.9. The predicted molar refractivity (Wildman–Crippen MR) is 128 cm³/mol. The van der Waals surface area contributed by atoms with Gasteiger partial charge in [-0.2, -0.15) is 26.3 Å². The molecule has 3 aliphatic carbocycles. The van der Waals surface area contributed by atoms with Crippen molar-refractivity contribution in [3.63, 3.8) is 0 Å². The normalized spacial score (nSPS) is 25.8. The highest BCUT2D eigenvalue weighted by Crippen LogP contribution is 2.60. The van der Waals surface area contributed by atoms with Gasteiger partial charge in [0.1, 0.15) is 10.6 Å². The smallest absolute Gasteiger partial charge is 0.388 e. The van der Waals surface area contributed by atoms with Gasteiger partial charge in [-0.15, -0.1) is 0 Å². The quantitative estimate of drug-likeness (QED) is 0.339. The molecule has 0 saturated heterocycles. The molecule has 0 unspecified atom stereocenters. The third-order valence-corrected chi connectivity index (χ3v) is 11.3. The average molecular weight is 612 g/mol. The summed E-state index contributed by atoms with van der Waals surface area (Å²) in [6, 6.07) is 5.25. The lowest BCUT2D eigenvalue weighted by Crippen LogP contribution is -2.51. The van der Waals surface area contributed by atoms with Gasteiger partial charge in [-0.25, -0.2) is 17.2 Å². The summed E-state index contributed by atoms with van der Waals surface area (Å²) >= 11 is 0. The number of nitrogens with one attached hydrogen (secondary N) is 1. The van der Waals surface area contributed by atoms with Gasteiger partial charge >= 0.3 is 18.0 Å². The molecule has 0 bridgehead atoms. The molecule has 0 heterocycles. The summed E-state index contributed by atoms with van der Waals surface area (Å²) in [6.45, 7) is -0.0554. The summed E-state index contributed by atoms with van der Waals surface area (Å²) < 4.78 is 136. The Morgan fingerprint density at radius 1 is 0.927 bits per heavy atom. The van der Waals surface area contributed by atoms with Crippen molar-refractivity contribution >= 4 is 15.7 Å². The topological polar surface area (TPSA) is 83.5 Å². The van der Waals surface area contributed by atoms with Gasteiger partial charge in [0.25, 0.3) is 0 Å². The molecule has 5 nitrogen and oxygen atoms in total. The van der Waals surface area contributed by atoms with E-state index >= 15 is 0 Å². The second kappa shape index (κ2) is 9.38. The molecule has 0 aliphatic heterocycles. The number of hydrogen-bond donors (Lipinski definition) is 2. The molecule has 3 atom stereocenters. The third-order valence-electron chi connectivity index (χ3n) is 8.74. The van der Waals surface area contributed by atoms with Crippen molar-refractivity contribution < 1.29 is 53.4 Å². The first-order valence-electron chi connectivity index (χ1n) is 12.8. The van der Waals surface area contributed by atoms with E-state index in [9.17, 15) is 53.4 Å². The molecule has 2 saturated carbocycles. The molecule has 0 radical (unpaired) electrons. The van der Waals surface area contributed by atoms with Crippen molar-refractivity contribution in [1.82, 2.24) is 5.32 Å². The molecule has 2 aromatic carbocycles. The largest absolute Gasteiger partial charge is 0.435 e. The van der Waals surface area contributed by atoms with Crippen molar-refractivity contribution in [2.45, 2.75) is 71.8 Å². The summed E-state index contributed by atoms with van der Waals surface area (Å²) in [4.78, 5) is 12.8. The average Bonchev–Trinajstić information content (AvgIpc) is 3.48. The number of halogens is 8. The van der Waals surface area contributed by atoms with Gasteiger partial charge in [-0.3, -0.25) is 4.79 Å². The zero-order chi connectivity index (χ0) is 30.2. The molecule has 41 heavy (non-hydrogen) atoms. The predicted octanol–water partition coefficient (Wildman–Crippen LogP) is 5.40. The van der Waals surface area contributed by atoms with E-state index in [1.54, 1.807) is 0 Å². The van der Waals surface area contributed by atoms with Gasteiger partial charge in [-0.1, -0.05) is 18.2 Å². The number of sulfone groups is 1. The minimum atomic E-state index is -6.35. The number of carbonyl (C=O) groups is 1. The lowest BCUT2D eigenvalue weighted by atomic mass is 9.72. The van der Waals surface area contributed by atoms with Gasteiger partial charge in [-0.05, 0) is 79.8 Å². The fraction of sp³-hybridized carbons (Fsp3) is 0.519. The summed E-state index contributed by atoms with van der Waals surface area (Å²) in [5.74, 6) is -3.15. The number of hydrogen-bond acceptors (Lipinski definition) is 4. The zero-order valence-electron chi connectivity index (χ0n) is 21.2. The van der Waals surface area contributed by atoms with Crippen LogP contribution >= 0.6 is 0 Å². The Kier molecular flexibility index (Phi) is 6.81. The highest BCUT2D eigenvalue weighted by Gasteiger charge is 2.74. The number of rotatable bonds is 6. The number of benzene rings is 2. The fourth-order valence-corrected chi connectivity index (χ4v) is 8.87.